The molecule has 1 saturated heterocycles. The smallest absolute Gasteiger partial charge is 0.223 e. The van der Waals surface area contributed by atoms with Gasteiger partial charge in [-0.15, -0.1) is 0 Å². The molecule has 1 heterocycles. The van der Waals surface area contributed by atoms with Crippen molar-refractivity contribution >= 4 is 5.91 Å². The van der Waals surface area contributed by atoms with Gasteiger partial charge in [-0.05, 0) is 39.3 Å². The maximum atomic E-state index is 11.9. The summed E-state index contributed by atoms with van der Waals surface area (Å²) in [6.45, 7) is 11.4. The van der Waals surface area contributed by atoms with Gasteiger partial charge in [0.15, 0.2) is 0 Å². The van der Waals surface area contributed by atoms with Gasteiger partial charge >= 0.3 is 0 Å². The second-order valence-corrected chi connectivity index (χ2v) is 4.43. The SMILES string of the molecule is C=C(C)CN(CC)C(=O)CC1CCNC1. The first-order valence-corrected chi connectivity index (χ1v) is 5.76. The van der Waals surface area contributed by atoms with E-state index in [1.54, 1.807) is 0 Å². The molecule has 86 valence electrons. The van der Waals surface area contributed by atoms with Crippen LogP contribution < -0.4 is 5.32 Å². The number of likely N-dealkylation sites (N-methyl/N-ethyl adjacent to an activating group) is 1. The van der Waals surface area contributed by atoms with Gasteiger partial charge in [0.05, 0.1) is 0 Å². The third kappa shape index (κ3) is 4.04. The number of hydrogen-bond donors (Lipinski definition) is 1. The standard InChI is InChI=1S/C12H22N2O/c1-4-14(9-10(2)3)12(15)7-11-5-6-13-8-11/h11,13H,2,4-9H2,1,3H3. The van der Waals surface area contributed by atoms with Crippen LogP contribution in [0.3, 0.4) is 0 Å². The quantitative estimate of drug-likeness (QED) is 0.696. The fraction of sp³-hybridized carbons (Fsp3) is 0.750. The molecule has 0 aromatic rings. The lowest BCUT2D eigenvalue weighted by atomic mass is 10.0. The Morgan fingerprint density at radius 1 is 1.60 bits per heavy atom. The molecule has 0 bridgehead atoms. The molecule has 15 heavy (non-hydrogen) atoms. The number of rotatable bonds is 5. The second kappa shape index (κ2) is 5.91. The maximum Gasteiger partial charge on any atom is 0.223 e. The van der Waals surface area contributed by atoms with Crippen molar-refractivity contribution in [2.24, 2.45) is 5.92 Å². The van der Waals surface area contributed by atoms with E-state index in [9.17, 15) is 4.79 Å². The Balaban J connectivity index is 2.38. The maximum absolute atomic E-state index is 11.9. The van der Waals surface area contributed by atoms with Gasteiger partial charge in [0, 0.05) is 19.5 Å². The highest BCUT2D eigenvalue weighted by Gasteiger charge is 2.20. The summed E-state index contributed by atoms with van der Waals surface area (Å²) in [4.78, 5) is 13.8. The number of nitrogens with zero attached hydrogens (tertiary/aromatic N) is 1. The lowest BCUT2D eigenvalue weighted by molar-refractivity contribution is -0.131. The van der Waals surface area contributed by atoms with Crippen LogP contribution in [0.4, 0.5) is 0 Å². The van der Waals surface area contributed by atoms with Gasteiger partial charge in [0.2, 0.25) is 5.91 Å². The third-order valence-electron chi connectivity index (χ3n) is 2.82. The second-order valence-electron chi connectivity index (χ2n) is 4.43. The Bertz CT molecular complexity index is 232. The zero-order valence-electron chi connectivity index (χ0n) is 9.88. The molecule has 1 atom stereocenters. The van der Waals surface area contributed by atoms with Crippen LogP contribution in [-0.2, 0) is 4.79 Å². The van der Waals surface area contributed by atoms with Gasteiger partial charge in [-0.25, -0.2) is 0 Å². The van der Waals surface area contributed by atoms with Gasteiger partial charge in [0.1, 0.15) is 0 Å². The van der Waals surface area contributed by atoms with E-state index in [2.05, 4.69) is 11.9 Å². The van der Waals surface area contributed by atoms with Crippen LogP contribution in [0.15, 0.2) is 12.2 Å². The number of hydrogen-bond acceptors (Lipinski definition) is 2. The van der Waals surface area contributed by atoms with Crippen molar-refractivity contribution in [2.45, 2.75) is 26.7 Å². The summed E-state index contributed by atoms with van der Waals surface area (Å²) in [5.74, 6) is 0.811. The van der Waals surface area contributed by atoms with Gasteiger partial charge in [-0.3, -0.25) is 4.79 Å². The lowest BCUT2D eigenvalue weighted by Crippen LogP contribution is -2.33. The van der Waals surface area contributed by atoms with Crippen LogP contribution >= 0.6 is 0 Å². The molecule has 3 nitrogen and oxygen atoms in total. The van der Waals surface area contributed by atoms with E-state index in [-0.39, 0.29) is 5.91 Å². The van der Waals surface area contributed by atoms with E-state index in [4.69, 9.17) is 0 Å². The highest BCUT2D eigenvalue weighted by Crippen LogP contribution is 2.14. The average Bonchev–Trinajstić information content (AvgIpc) is 2.66. The van der Waals surface area contributed by atoms with Crippen molar-refractivity contribution in [3.63, 3.8) is 0 Å². The molecule has 1 unspecified atom stereocenters. The molecule has 1 aliphatic rings. The van der Waals surface area contributed by atoms with Crippen LogP contribution in [0.1, 0.15) is 26.7 Å². The Morgan fingerprint density at radius 3 is 2.80 bits per heavy atom. The molecule has 1 aliphatic heterocycles. The summed E-state index contributed by atoms with van der Waals surface area (Å²) in [5.41, 5.74) is 1.05. The Kier molecular flexibility index (Phi) is 4.82. The molecule has 1 amide bonds. The van der Waals surface area contributed by atoms with Gasteiger partial charge < -0.3 is 10.2 Å². The van der Waals surface area contributed by atoms with E-state index in [0.29, 0.717) is 18.9 Å². The van der Waals surface area contributed by atoms with E-state index in [0.717, 1.165) is 31.6 Å². The monoisotopic (exact) mass is 210 g/mol. The molecule has 0 aromatic heterocycles. The number of nitrogens with one attached hydrogen (secondary N) is 1. The van der Waals surface area contributed by atoms with Gasteiger partial charge in [-0.1, -0.05) is 12.2 Å². The molecule has 0 spiro atoms. The minimum Gasteiger partial charge on any atom is -0.339 e. The summed E-state index contributed by atoms with van der Waals surface area (Å²) in [6, 6.07) is 0. The summed E-state index contributed by atoms with van der Waals surface area (Å²) in [5, 5.41) is 3.29. The fourth-order valence-electron chi connectivity index (χ4n) is 1.97. The topological polar surface area (TPSA) is 32.3 Å². The Hall–Kier alpha value is -0.830. The molecule has 3 heteroatoms. The van der Waals surface area contributed by atoms with E-state index in [1.807, 2.05) is 18.7 Å². The van der Waals surface area contributed by atoms with E-state index >= 15 is 0 Å². The highest BCUT2D eigenvalue weighted by atomic mass is 16.2. The largest absolute Gasteiger partial charge is 0.339 e. The van der Waals surface area contributed by atoms with Crippen LogP contribution in [0.2, 0.25) is 0 Å². The van der Waals surface area contributed by atoms with Gasteiger partial charge in [-0.2, -0.15) is 0 Å². The van der Waals surface area contributed by atoms with Crippen molar-refractivity contribution in [1.82, 2.24) is 10.2 Å². The Labute approximate surface area is 92.5 Å². The van der Waals surface area contributed by atoms with Crippen LogP contribution in [0.5, 0.6) is 0 Å². The van der Waals surface area contributed by atoms with Crippen molar-refractivity contribution in [2.75, 3.05) is 26.2 Å². The van der Waals surface area contributed by atoms with Crippen LogP contribution in [-0.4, -0.2) is 37.0 Å². The van der Waals surface area contributed by atoms with E-state index < -0.39 is 0 Å². The molecule has 1 N–H and O–H groups in total. The van der Waals surface area contributed by atoms with Crippen molar-refractivity contribution in [3.8, 4) is 0 Å². The first-order chi connectivity index (χ1) is 7.13. The van der Waals surface area contributed by atoms with Gasteiger partial charge in [0.25, 0.3) is 0 Å². The van der Waals surface area contributed by atoms with Crippen LogP contribution in [0, 0.1) is 5.92 Å². The lowest BCUT2D eigenvalue weighted by Gasteiger charge is -2.22. The Morgan fingerprint density at radius 2 is 2.33 bits per heavy atom. The van der Waals surface area contributed by atoms with E-state index in [1.165, 1.54) is 0 Å². The summed E-state index contributed by atoms with van der Waals surface area (Å²) < 4.78 is 0. The molecule has 0 saturated carbocycles. The normalized spacial score (nSPS) is 20.3. The molecule has 1 rings (SSSR count). The summed E-state index contributed by atoms with van der Waals surface area (Å²) >= 11 is 0. The number of carbonyl (C=O) groups excluding carboxylic acids is 1. The molecule has 0 aliphatic carbocycles. The molecule has 0 radical (unpaired) electrons. The number of amides is 1. The van der Waals surface area contributed by atoms with Crippen molar-refractivity contribution in [1.29, 1.82) is 0 Å². The molecular weight excluding hydrogens is 188 g/mol. The molecule has 1 fully saturated rings. The molecular formula is C12H22N2O. The zero-order chi connectivity index (χ0) is 11.3. The van der Waals surface area contributed by atoms with Crippen molar-refractivity contribution in [3.05, 3.63) is 12.2 Å². The predicted octanol–water partition coefficient (Wildman–Crippen LogP) is 1.41. The van der Waals surface area contributed by atoms with Crippen molar-refractivity contribution < 1.29 is 4.79 Å². The number of carbonyl (C=O) groups is 1. The first-order valence-electron chi connectivity index (χ1n) is 5.76. The van der Waals surface area contributed by atoms with Crippen LogP contribution in [0.25, 0.3) is 0 Å². The molecule has 0 aromatic carbocycles. The average molecular weight is 210 g/mol. The summed E-state index contributed by atoms with van der Waals surface area (Å²) in [7, 11) is 0. The minimum atomic E-state index is 0.272. The zero-order valence-corrected chi connectivity index (χ0v) is 9.88. The predicted molar refractivity (Wildman–Crippen MR) is 62.7 cm³/mol. The third-order valence-corrected chi connectivity index (χ3v) is 2.82. The minimum absolute atomic E-state index is 0.272. The summed E-state index contributed by atoms with van der Waals surface area (Å²) in [6.07, 6.45) is 1.82. The highest BCUT2D eigenvalue weighted by molar-refractivity contribution is 5.76. The first kappa shape index (κ1) is 12.2. The fourth-order valence-corrected chi connectivity index (χ4v) is 1.97.